The first kappa shape index (κ1) is 21.7. The van der Waals surface area contributed by atoms with Crippen LogP contribution in [0.2, 0.25) is 0 Å². The first-order valence-electron chi connectivity index (χ1n) is 9.15. The lowest BCUT2D eigenvalue weighted by molar-refractivity contribution is -0.151. The van der Waals surface area contributed by atoms with Crippen molar-refractivity contribution in [2.75, 3.05) is 20.6 Å². The molecule has 0 aliphatic heterocycles. The second-order valence-corrected chi connectivity index (χ2v) is 6.85. The molecule has 1 unspecified atom stereocenters. The van der Waals surface area contributed by atoms with Crippen molar-refractivity contribution < 1.29 is 9.53 Å². The first-order chi connectivity index (χ1) is 13.1. The van der Waals surface area contributed by atoms with Crippen LogP contribution in [0.3, 0.4) is 0 Å². The number of halogens is 1. The third-order valence-electron chi connectivity index (χ3n) is 4.46. The second kappa shape index (κ2) is 10.6. The number of rotatable bonds is 7. The predicted molar refractivity (Wildman–Crippen MR) is 116 cm³/mol. The molecule has 0 amide bonds. The highest BCUT2D eigenvalue weighted by Gasteiger charge is 2.27. The van der Waals surface area contributed by atoms with Gasteiger partial charge in [-0.05, 0) is 30.8 Å². The van der Waals surface area contributed by atoms with Crippen LogP contribution in [0.4, 0.5) is 0 Å². The van der Waals surface area contributed by atoms with Crippen molar-refractivity contribution >= 4 is 18.4 Å². The summed E-state index contributed by atoms with van der Waals surface area (Å²) in [5.74, 6) is -0.677. The fourth-order valence-electron chi connectivity index (χ4n) is 3.17. The van der Waals surface area contributed by atoms with Crippen LogP contribution in [0.15, 0.2) is 91.0 Å². The van der Waals surface area contributed by atoms with Gasteiger partial charge >= 0.3 is 5.97 Å². The van der Waals surface area contributed by atoms with E-state index in [0.29, 0.717) is 6.54 Å². The quantitative estimate of drug-likeness (QED) is 0.522. The van der Waals surface area contributed by atoms with E-state index >= 15 is 0 Å². The molecule has 0 spiro atoms. The van der Waals surface area contributed by atoms with Gasteiger partial charge in [-0.2, -0.15) is 0 Å². The molecule has 0 saturated carbocycles. The summed E-state index contributed by atoms with van der Waals surface area (Å²) in [6.45, 7) is 0.631. The van der Waals surface area contributed by atoms with Gasteiger partial charge in [0.25, 0.3) is 0 Å². The van der Waals surface area contributed by atoms with E-state index in [9.17, 15) is 4.79 Å². The van der Waals surface area contributed by atoms with Gasteiger partial charge in [-0.3, -0.25) is 4.79 Å². The molecule has 0 bridgehead atoms. The summed E-state index contributed by atoms with van der Waals surface area (Å²) in [4.78, 5) is 15.3. The molecule has 0 heterocycles. The summed E-state index contributed by atoms with van der Waals surface area (Å²) >= 11 is 0. The van der Waals surface area contributed by atoms with Gasteiger partial charge in [-0.15, -0.1) is 12.4 Å². The van der Waals surface area contributed by atoms with Crippen LogP contribution in [-0.4, -0.2) is 31.5 Å². The summed E-state index contributed by atoms with van der Waals surface area (Å²) in [5.41, 5.74) is 2.87. The fourth-order valence-corrected chi connectivity index (χ4v) is 3.17. The maximum absolute atomic E-state index is 13.3. The summed E-state index contributed by atoms with van der Waals surface area (Å²) in [6, 6.07) is 29.5. The van der Waals surface area contributed by atoms with Crippen LogP contribution in [0.5, 0.6) is 0 Å². The molecule has 1 atom stereocenters. The van der Waals surface area contributed by atoms with Gasteiger partial charge < -0.3 is 9.64 Å². The van der Waals surface area contributed by atoms with Gasteiger partial charge in [0.05, 0.1) is 0 Å². The number of nitrogens with zero attached hydrogens (tertiary/aromatic N) is 1. The van der Waals surface area contributed by atoms with Crippen LogP contribution in [0, 0.1) is 0 Å². The molecule has 0 radical (unpaired) electrons. The number of hydrogen-bond acceptors (Lipinski definition) is 3. The number of benzene rings is 3. The van der Waals surface area contributed by atoms with Crippen LogP contribution >= 0.6 is 12.4 Å². The Kier molecular flexibility index (Phi) is 8.24. The Morgan fingerprint density at radius 1 is 0.750 bits per heavy atom. The van der Waals surface area contributed by atoms with Crippen LogP contribution in [0.1, 0.15) is 28.7 Å². The van der Waals surface area contributed by atoms with E-state index < -0.39 is 5.92 Å². The zero-order valence-electron chi connectivity index (χ0n) is 16.2. The Morgan fingerprint density at radius 3 is 1.54 bits per heavy atom. The third-order valence-corrected chi connectivity index (χ3v) is 4.46. The molecule has 3 aromatic rings. The molecule has 3 aromatic carbocycles. The van der Waals surface area contributed by atoms with Crippen molar-refractivity contribution in [3.05, 3.63) is 108 Å². The maximum atomic E-state index is 13.3. The predicted octanol–water partition coefficient (Wildman–Crippen LogP) is 5.09. The molecule has 0 fully saturated rings. The lowest BCUT2D eigenvalue weighted by Gasteiger charge is -2.25. The largest absolute Gasteiger partial charge is 0.455 e. The number of ether oxygens (including phenoxy) is 1. The standard InChI is InChI=1S/C24H25NO2.ClH/c1-25(2)18-22(19-12-6-3-7-13-19)27-24(26)23(20-14-8-4-9-15-20)21-16-10-5-11-17-21;/h3-17,22-23H,18H2,1-2H3;1H. The molecular weight excluding hydrogens is 370 g/mol. The molecule has 28 heavy (non-hydrogen) atoms. The summed E-state index contributed by atoms with van der Waals surface area (Å²) in [5, 5.41) is 0. The van der Waals surface area contributed by atoms with Gasteiger partial charge in [0.15, 0.2) is 0 Å². The number of carbonyl (C=O) groups is 1. The summed E-state index contributed by atoms with van der Waals surface area (Å²) < 4.78 is 6.04. The van der Waals surface area contributed by atoms with Crippen LogP contribution < -0.4 is 0 Å². The minimum atomic E-state index is -0.444. The molecule has 146 valence electrons. The molecule has 0 aromatic heterocycles. The Labute approximate surface area is 173 Å². The van der Waals surface area contributed by atoms with Crippen molar-refractivity contribution in [1.82, 2.24) is 4.90 Å². The van der Waals surface area contributed by atoms with E-state index in [1.807, 2.05) is 110 Å². The molecule has 3 rings (SSSR count). The third kappa shape index (κ3) is 5.69. The van der Waals surface area contributed by atoms with E-state index in [2.05, 4.69) is 0 Å². The second-order valence-electron chi connectivity index (χ2n) is 6.85. The van der Waals surface area contributed by atoms with E-state index in [1.165, 1.54) is 0 Å². The van der Waals surface area contributed by atoms with Gasteiger partial charge in [0, 0.05) is 6.54 Å². The number of esters is 1. The number of hydrogen-bond donors (Lipinski definition) is 0. The average Bonchev–Trinajstić information content (AvgIpc) is 2.70. The Bertz CT molecular complexity index is 799. The van der Waals surface area contributed by atoms with Crippen molar-refractivity contribution in [3.63, 3.8) is 0 Å². The van der Waals surface area contributed by atoms with Crippen LogP contribution in [0.25, 0.3) is 0 Å². The highest BCUT2D eigenvalue weighted by Crippen LogP contribution is 2.29. The van der Waals surface area contributed by atoms with Crippen molar-refractivity contribution in [1.29, 1.82) is 0 Å². The molecule has 0 aliphatic carbocycles. The highest BCUT2D eigenvalue weighted by atomic mass is 35.5. The summed E-state index contributed by atoms with van der Waals surface area (Å²) in [6.07, 6.45) is -0.316. The van der Waals surface area contributed by atoms with Gasteiger partial charge in [-0.1, -0.05) is 91.0 Å². The zero-order chi connectivity index (χ0) is 19.1. The summed E-state index contributed by atoms with van der Waals surface area (Å²) in [7, 11) is 3.96. The number of likely N-dealkylation sites (N-methyl/N-ethyl adjacent to an activating group) is 1. The van der Waals surface area contributed by atoms with Gasteiger partial charge in [0.1, 0.15) is 12.0 Å². The Balaban J connectivity index is 0.00000280. The van der Waals surface area contributed by atoms with E-state index in [1.54, 1.807) is 0 Å². The number of carbonyl (C=O) groups excluding carboxylic acids is 1. The Hall–Kier alpha value is -2.62. The van der Waals surface area contributed by atoms with E-state index in [4.69, 9.17) is 4.74 Å². The van der Waals surface area contributed by atoms with Gasteiger partial charge in [-0.25, -0.2) is 0 Å². The fraction of sp³-hybridized carbons (Fsp3) is 0.208. The minimum absolute atomic E-state index is 0. The minimum Gasteiger partial charge on any atom is -0.455 e. The molecule has 3 nitrogen and oxygen atoms in total. The Morgan fingerprint density at radius 2 is 1.14 bits per heavy atom. The van der Waals surface area contributed by atoms with Crippen molar-refractivity contribution in [3.8, 4) is 0 Å². The van der Waals surface area contributed by atoms with Crippen LogP contribution in [-0.2, 0) is 9.53 Å². The van der Waals surface area contributed by atoms with E-state index in [-0.39, 0.29) is 24.5 Å². The maximum Gasteiger partial charge on any atom is 0.318 e. The molecule has 0 N–H and O–H groups in total. The van der Waals surface area contributed by atoms with Gasteiger partial charge in [0.2, 0.25) is 0 Å². The smallest absolute Gasteiger partial charge is 0.318 e. The SMILES string of the molecule is CN(C)CC(OC(=O)C(c1ccccc1)c1ccccc1)c1ccccc1.Cl. The highest BCUT2D eigenvalue weighted by molar-refractivity contribution is 5.85. The average molecular weight is 396 g/mol. The zero-order valence-corrected chi connectivity index (χ0v) is 17.0. The first-order valence-corrected chi connectivity index (χ1v) is 9.15. The van der Waals surface area contributed by atoms with E-state index in [0.717, 1.165) is 16.7 Å². The normalized spacial score (nSPS) is 11.7. The monoisotopic (exact) mass is 395 g/mol. The van der Waals surface area contributed by atoms with Crippen molar-refractivity contribution in [2.45, 2.75) is 12.0 Å². The van der Waals surface area contributed by atoms with Crippen molar-refractivity contribution in [2.24, 2.45) is 0 Å². The molecule has 4 heteroatoms. The molecule has 0 saturated heterocycles. The lowest BCUT2D eigenvalue weighted by atomic mass is 9.91. The lowest BCUT2D eigenvalue weighted by Crippen LogP contribution is -2.27. The topological polar surface area (TPSA) is 29.5 Å². The molecule has 0 aliphatic rings. The molecular formula is C24H26ClNO2.